The molecule has 0 aliphatic carbocycles. The van der Waals surface area contributed by atoms with Crippen LogP contribution in [0.3, 0.4) is 0 Å². The Morgan fingerprint density at radius 2 is 2.04 bits per heavy atom. The summed E-state index contributed by atoms with van der Waals surface area (Å²) in [5.41, 5.74) is 2.30. The largest absolute Gasteiger partial charge is 0.493 e. The summed E-state index contributed by atoms with van der Waals surface area (Å²) in [6.45, 7) is 6.83. The molecule has 0 aliphatic rings. The molecule has 0 spiro atoms. The van der Waals surface area contributed by atoms with Crippen LogP contribution < -0.4 is 9.47 Å². The first kappa shape index (κ1) is 18.9. The van der Waals surface area contributed by atoms with E-state index in [2.05, 4.69) is 11.5 Å². The number of carbonyl (C=O) groups excluding carboxylic acids is 1. The second-order valence-corrected chi connectivity index (χ2v) is 5.46. The summed E-state index contributed by atoms with van der Waals surface area (Å²) in [5, 5.41) is 0.970. The molecule has 0 bridgehead atoms. The number of methoxy groups -OCH3 is 2. The first-order valence-electron chi connectivity index (χ1n) is 8.24. The fourth-order valence-corrected chi connectivity index (χ4v) is 2.69. The summed E-state index contributed by atoms with van der Waals surface area (Å²) in [5.74, 6) is 0.877. The van der Waals surface area contributed by atoms with Crippen molar-refractivity contribution in [1.29, 1.82) is 0 Å². The lowest BCUT2D eigenvalue weighted by Gasteiger charge is -2.15. The fraction of sp³-hybridized carbons (Fsp3) is 0.421. The van der Waals surface area contributed by atoms with Crippen molar-refractivity contribution >= 4 is 22.9 Å². The molecule has 0 aliphatic heterocycles. The maximum absolute atomic E-state index is 11.9. The van der Waals surface area contributed by atoms with Crippen molar-refractivity contribution in [3.8, 4) is 11.5 Å². The SMILES string of the molecule is CCOC(=O)/C(C)=C/c1cc(OC)c(OCOC)c2c1ccn2CC. The Hall–Kier alpha value is -2.47. The van der Waals surface area contributed by atoms with Gasteiger partial charge < -0.3 is 23.5 Å². The van der Waals surface area contributed by atoms with E-state index < -0.39 is 0 Å². The predicted octanol–water partition coefficient (Wildman–Crippen LogP) is 3.62. The Bertz CT molecular complexity index is 776. The van der Waals surface area contributed by atoms with Gasteiger partial charge in [0.1, 0.15) is 0 Å². The summed E-state index contributed by atoms with van der Waals surface area (Å²) in [7, 11) is 3.16. The van der Waals surface area contributed by atoms with E-state index in [1.807, 2.05) is 24.4 Å². The lowest BCUT2D eigenvalue weighted by molar-refractivity contribution is -0.138. The number of aryl methyl sites for hydroxylation is 1. The maximum atomic E-state index is 11.9. The molecule has 25 heavy (non-hydrogen) atoms. The highest BCUT2D eigenvalue weighted by atomic mass is 16.7. The Morgan fingerprint density at radius 3 is 2.64 bits per heavy atom. The molecule has 1 aromatic heterocycles. The van der Waals surface area contributed by atoms with Crippen LogP contribution in [0.25, 0.3) is 17.0 Å². The van der Waals surface area contributed by atoms with Gasteiger partial charge in [0.25, 0.3) is 0 Å². The molecule has 6 heteroatoms. The van der Waals surface area contributed by atoms with Crippen molar-refractivity contribution in [2.75, 3.05) is 27.6 Å². The Balaban J connectivity index is 2.64. The van der Waals surface area contributed by atoms with Crippen molar-refractivity contribution < 1.29 is 23.7 Å². The molecule has 0 amide bonds. The van der Waals surface area contributed by atoms with Crippen molar-refractivity contribution in [3.63, 3.8) is 0 Å². The monoisotopic (exact) mass is 347 g/mol. The van der Waals surface area contributed by atoms with E-state index in [0.717, 1.165) is 23.0 Å². The molecule has 0 N–H and O–H groups in total. The van der Waals surface area contributed by atoms with Gasteiger partial charge in [0, 0.05) is 30.8 Å². The number of nitrogens with zero attached hydrogens (tertiary/aromatic N) is 1. The van der Waals surface area contributed by atoms with Crippen LogP contribution in [0.2, 0.25) is 0 Å². The summed E-state index contributed by atoms with van der Waals surface area (Å²) in [6.07, 6.45) is 3.80. The first-order valence-corrected chi connectivity index (χ1v) is 8.24. The quantitative estimate of drug-likeness (QED) is 0.415. The fourth-order valence-electron chi connectivity index (χ4n) is 2.69. The number of fused-ring (bicyclic) bond motifs is 1. The van der Waals surface area contributed by atoms with Crippen molar-refractivity contribution in [3.05, 3.63) is 29.5 Å². The Morgan fingerprint density at radius 1 is 1.28 bits per heavy atom. The predicted molar refractivity (Wildman–Crippen MR) is 97.0 cm³/mol. The minimum absolute atomic E-state index is 0.122. The van der Waals surface area contributed by atoms with Gasteiger partial charge in [-0.25, -0.2) is 4.79 Å². The topological polar surface area (TPSA) is 58.9 Å². The molecule has 0 fully saturated rings. The highest BCUT2D eigenvalue weighted by Crippen LogP contribution is 2.39. The molecular formula is C19H25NO5. The molecule has 1 heterocycles. The van der Waals surface area contributed by atoms with Gasteiger partial charge >= 0.3 is 5.97 Å². The molecule has 2 aromatic rings. The van der Waals surface area contributed by atoms with Gasteiger partial charge in [-0.3, -0.25) is 0 Å². The van der Waals surface area contributed by atoms with Gasteiger partial charge in [0.15, 0.2) is 18.3 Å². The number of hydrogen-bond donors (Lipinski definition) is 0. The molecule has 136 valence electrons. The molecule has 0 unspecified atom stereocenters. The van der Waals surface area contributed by atoms with Gasteiger partial charge in [-0.2, -0.15) is 0 Å². The number of aromatic nitrogens is 1. The standard InChI is InChI=1S/C19H25NO5/c1-6-20-9-8-15-14(10-13(3)19(21)24-7-2)11-16(23-5)18(17(15)20)25-12-22-4/h8-11H,6-7,12H2,1-5H3/b13-10+. The summed E-state index contributed by atoms with van der Waals surface area (Å²) >= 11 is 0. The van der Waals surface area contributed by atoms with E-state index in [0.29, 0.717) is 23.7 Å². The summed E-state index contributed by atoms with van der Waals surface area (Å²) < 4.78 is 23.4. The normalized spacial score (nSPS) is 11.6. The van der Waals surface area contributed by atoms with Crippen LogP contribution in [0.4, 0.5) is 0 Å². The maximum Gasteiger partial charge on any atom is 0.333 e. The zero-order chi connectivity index (χ0) is 18.4. The van der Waals surface area contributed by atoms with E-state index in [-0.39, 0.29) is 12.8 Å². The van der Waals surface area contributed by atoms with Gasteiger partial charge in [0.05, 0.1) is 19.2 Å². The van der Waals surface area contributed by atoms with Crippen LogP contribution in [-0.4, -0.2) is 38.2 Å². The summed E-state index contributed by atoms with van der Waals surface area (Å²) in [6, 6.07) is 3.86. The molecule has 1 aromatic carbocycles. The van der Waals surface area contributed by atoms with E-state index in [9.17, 15) is 4.79 Å². The average molecular weight is 347 g/mol. The van der Waals surface area contributed by atoms with Crippen molar-refractivity contribution in [2.24, 2.45) is 0 Å². The second-order valence-electron chi connectivity index (χ2n) is 5.46. The molecule has 0 atom stereocenters. The van der Waals surface area contributed by atoms with Gasteiger partial charge in [-0.05, 0) is 44.5 Å². The van der Waals surface area contributed by atoms with Crippen LogP contribution in [-0.2, 0) is 20.8 Å². The third-order valence-corrected chi connectivity index (χ3v) is 3.85. The number of esters is 1. The van der Waals surface area contributed by atoms with Crippen LogP contribution in [0.1, 0.15) is 26.3 Å². The number of carbonyl (C=O) groups is 1. The number of ether oxygens (including phenoxy) is 4. The van der Waals surface area contributed by atoms with Gasteiger partial charge in [-0.1, -0.05) is 0 Å². The number of rotatable bonds is 8. The first-order chi connectivity index (χ1) is 12.1. The van der Waals surface area contributed by atoms with Gasteiger partial charge in [-0.15, -0.1) is 0 Å². The van der Waals surface area contributed by atoms with E-state index in [4.69, 9.17) is 18.9 Å². The molecular weight excluding hydrogens is 322 g/mol. The highest BCUT2D eigenvalue weighted by Gasteiger charge is 2.18. The van der Waals surface area contributed by atoms with Crippen molar-refractivity contribution in [2.45, 2.75) is 27.3 Å². The summed E-state index contributed by atoms with van der Waals surface area (Å²) in [4.78, 5) is 11.9. The van der Waals surface area contributed by atoms with Crippen LogP contribution in [0.5, 0.6) is 11.5 Å². The van der Waals surface area contributed by atoms with E-state index >= 15 is 0 Å². The lowest BCUT2D eigenvalue weighted by Crippen LogP contribution is -2.06. The molecule has 0 radical (unpaired) electrons. The number of hydrogen-bond acceptors (Lipinski definition) is 5. The Kier molecular flexibility index (Phi) is 6.47. The third-order valence-electron chi connectivity index (χ3n) is 3.85. The molecule has 0 saturated heterocycles. The molecule has 0 saturated carbocycles. The minimum atomic E-state index is -0.329. The molecule has 2 rings (SSSR count). The molecule has 6 nitrogen and oxygen atoms in total. The van der Waals surface area contributed by atoms with Crippen LogP contribution in [0, 0.1) is 0 Å². The lowest BCUT2D eigenvalue weighted by atomic mass is 10.1. The van der Waals surface area contributed by atoms with Crippen LogP contribution >= 0.6 is 0 Å². The zero-order valence-electron chi connectivity index (χ0n) is 15.4. The third kappa shape index (κ3) is 3.96. The smallest absolute Gasteiger partial charge is 0.333 e. The van der Waals surface area contributed by atoms with Gasteiger partial charge in [0.2, 0.25) is 0 Å². The van der Waals surface area contributed by atoms with Crippen LogP contribution in [0.15, 0.2) is 23.9 Å². The van der Waals surface area contributed by atoms with E-state index in [1.54, 1.807) is 28.1 Å². The zero-order valence-corrected chi connectivity index (χ0v) is 15.4. The average Bonchev–Trinajstić information content (AvgIpc) is 3.05. The highest BCUT2D eigenvalue weighted by molar-refractivity contribution is 6.00. The second kappa shape index (κ2) is 8.58. The Labute approximate surface area is 147 Å². The number of benzene rings is 1. The van der Waals surface area contributed by atoms with E-state index in [1.165, 1.54) is 0 Å². The minimum Gasteiger partial charge on any atom is -0.493 e. The van der Waals surface area contributed by atoms with Crippen molar-refractivity contribution in [1.82, 2.24) is 4.57 Å².